The molecule has 5 unspecified atom stereocenters. The maximum absolute atomic E-state index is 6.42. The van der Waals surface area contributed by atoms with Gasteiger partial charge in [-0.1, -0.05) is 20.8 Å². The summed E-state index contributed by atoms with van der Waals surface area (Å²) in [5.41, 5.74) is 0.316. The van der Waals surface area contributed by atoms with E-state index >= 15 is 0 Å². The monoisotopic (exact) mass is 269 g/mol. The summed E-state index contributed by atoms with van der Waals surface area (Å²) in [4.78, 5) is 0. The fourth-order valence-corrected chi connectivity index (χ4v) is 3.74. The van der Waals surface area contributed by atoms with Gasteiger partial charge in [-0.25, -0.2) is 0 Å². The lowest BCUT2D eigenvalue weighted by Gasteiger charge is -2.55. The number of methoxy groups -OCH3 is 1. The molecular formula is C16H31NO2. The molecule has 3 nitrogen and oxygen atoms in total. The first-order valence-electron chi connectivity index (χ1n) is 8.05. The van der Waals surface area contributed by atoms with E-state index < -0.39 is 0 Å². The summed E-state index contributed by atoms with van der Waals surface area (Å²) >= 11 is 0. The van der Waals surface area contributed by atoms with E-state index in [-0.39, 0.29) is 0 Å². The van der Waals surface area contributed by atoms with Crippen molar-refractivity contribution in [2.45, 2.75) is 83.6 Å². The van der Waals surface area contributed by atoms with Crippen molar-refractivity contribution in [3.8, 4) is 0 Å². The molecule has 5 atom stereocenters. The molecule has 0 bridgehead atoms. The van der Waals surface area contributed by atoms with Crippen LogP contribution in [0.5, 0.6) is 0 Å². The molecule has 2 aliphatic carbocycles. The second kappa shape index (κ2) is 6.55. The molecule has 1 N–H and O–H groups in total. The van der Waals surface area contributed by atoms with Gasteiger partial charge in [0.1, 0.15) is 0 Å². The van der Waals surface area contributed by atoms with Crippen molar-refractivity contribution in [1.82, 2.24) is 5.32 Å². The molecule has 0 aliphatic heterocycles. The first kappa shape index (κ1) is 15.3. The summed E-state index contributed by atoms with van der Waals surface area (Å²) in [5, 5.41) is 3.61. The summed E-state index contributed by atoms with van der Waals surface area (Å²) in [6.45, 7) is 7.92. The van der Waals surface area contributed by atoms with Crippen LogP contribution in [-0.4, -0.2) is 38.0 Å². The van der Waals surface area contributed by atoms with E-state index in [0.29, 0.717) is 29.8 Å². The zero-order chi connectivity index (χ0) is 13.9. The molecule has 0 spiro atoms. The highest BCUT2D eigenvalue weighted by molar-refractivity contribution is 5.05. The highest BCUT2D eigenvalue weighted by atomic mass is 16.5. The Bertz CT molecular complexity index is 284. The molecule has 0 aromatic carbocycles. The lowest BCUT2D eigenvalue weighted by Crippen LogP contribution is -2.62. The number of nitrogens with one attached hydrogen (secondary N) is 1. The highest BCUT2D eigenvalue weighted by Gasteiger charge is 2.51. The number of ether oxygens (including phenoxy) is 2. The molecule has 0 aromatic heterocycles. The van der Waals surface area contributed by atoms with Crippen LogP contribution in [0.4, 0.5) is 0 Å². The molecule has 0 radical (unpaired) electrons. The van der Waals surface area contributed by atoms with E-state index in [1.807, 2.05) is 7.11 Å². The Morgan fingerprint density at radius 2 is 1.89 bits per heavy atom. The SMILES string of the molecule is CCNC1CC(OC2CCCC(OC)C2)C1(C)CC. The van der Waals surface area contributed by atoms with Crippen molar-refractivity contribution in [2.24, 2.45) is 5.41 Å². The maximum atomic E-state index is 6.42. The second-order valence-corrected chi connectivity index (χ2v) is 6.48. The predicted molar refractivity (Wildman–Crippen MR) is 78.4 cm³/mol. The molecule has 3 heteroatoms. The predicted octanol–water partition coefficient (Wildman–Crippen LogP) is 3.13. The fraction of sp³-hybridized carbons (Fsp3) is 1.00. The van der Waals surface area contributed by atoms with Gasteiger partial charge in [-0.2, -0.15) is 0 Å². The van der Waals surface area contributed by atoms with Crippen molar-refractivity contribution in [3.63, 3.8) is 0 Å². The molecule has 2 rings (SSSR count). The average Bonchev–Trinajstić information content (AvgIpc) is 2.45. The summed E-state index contributed by atoms with van der Waals surface area (Å²) in [5.74, 6) is 0. The first-order valence-corrected chi connectivity index (χ1v) is 8.05. The zero-order valence-electron chi connectivity index (χ0n) is 13.1. The average molecular weight is 269 g/mol. The van der Waals surface area contributed by atoms with E-state index in [1.54, 1.807) is 0 Å². The minimum Gasteiger partial charge on any atom is -0.381 e. The van der Waals surface area contributed by atoms with Gasteiger partial charge in [0.15, 0.2) is 0 Å². The van der Waals surface area contributed by atoms with Gasteiger partial charge < -0.3 is 14.8 Å². The Hall–Kier alpha value is -0.120. The third-order valence-corrected chi connectivity index (χ3v) is 5.46. The van der Waals surface area contributed by atoms with Gasteiger partial charge in [0.25, 0.3) is 0 Å². The normalized spacial score (nSPS) is 42.9. The number of rotatable bonds is 6. The lowest BCUT2D eigenvalue weighted by molar-refractivity contribution is -0.170. The Kier molecular flexibility index (Phi) is 5.27. The molecule has 0 amide bonds. The van der Waals surface area contributed by atoms with Crippen LogP contribution in [0.1, 0.15) is 59.3 Å². The van der Waals surface area contributed by atoms with Gasteiger partial charge in [0.2, 0.25) is 0 Å². The summed E-state index contributed by atoms with van der Waals surface area (Å²) in [6.07, 6.45) is 8.36. The molecule has 2 saturated carbocycles. The van der Waals surface area contributed by atoms with Crippen LogP contribution in [0.3, 0.4) is 0 Å². The molecule has 0 saturated heterocycles. The van der Waals surface area contributed by atoms with Crippen molar-refractivity contribution < 1.29 is 9.47 Å². The summed E-state index contributed by atoms with van der Waals surface area (Å²) in [7, 11) is 1.83. The first-order chi connectivity index (χ1) is 9.13. The van der Waals surface area contributed by atoms with E-state index in [4.69, 9.17) is 9.47 Å². The van der Waals surface area contributed by atoms with Crippen LogP contribution in [0.25, 0.3) is 0 Å². The van der Waals surface area contributed by atoms with Gasteiger partial charge in [-0.05, 0) is 45.1 Å². The van der Waals surface area contributed by atoms with E-state index in [0.717, 1.165) is 13.0 Å². The topological polar surface area (TPSA) is 30.5 Å². The summed E-state index contributed by atoms with van der Waals surface area (Å²) in [6, 6.07) is 0.634. The van der Waals surface area contributed by atoms with Gasteiger partial charge in [-0.15, -0.1) is 0 Å². The van der Waals surface area contributed by atoms with Crippen molar-refractivity contribution in [2.75, 3.05) is 13.7 Å². The second-order valence-electron chi connectivity index (χ2n) is 6.48. The van der Waals surface area contributed by atoms with Crippen LogP contribution in [0.15, 0.2) is 0 Å². The van der Waals surface area contributed by atoms with E-state index in [1.165, 1.54) is 32.1 Å². The van der Waals surface area contributed by atoms with Gasteiger partial charge >= 0.3 is 0 Å². The van der Waals surface area contributed by atoms with Crippen molar-refractivity contribution in [1.29, 1.82) is 0 Å². The van der Waals surface area contributed by atoms with Gasteiger partial charge in [0.05, 0.1) is 18.3 Å². The van der Waals surface area contributed by atoms with E-state index in [9.17, 15) is 0 Å². The fourth-order valence-electron chi connectivity index (χ4n) is 3.74. The van der Waals surface area contributed by atoms with Crippen LogP contribution in [0, 0.1) is 5.41 Å². The Morgan fingerprint density at radius 1 is 1.16 bits per heavy atom. The van der Waals surface area contributed by atoms with E-state index in [2.05, 4.69) is 26.1 Å². The molecule has 0 heterocycles. The third-order valence-electron chi connectivity index (χ3n) is 5.46. The Morgan fingerprint density at radius 3 is 2.53 bits per heavy atom. The van der Waals surface area contributed by atoms with Gasteiger partial charge in [-0.3, -0.25) is 0 Å². The Labute approximate surface area is 118 Å². The van der Waals surface area contributed by atoms with Crippen LogP contribution < -0.4 is 5.32 Å². The minimum absolute atomic E-state index is 0.316. The van der Waals surface area contributed by atoms with Crippen LogP contribution in [0.2, 0.25) is 0 Å². The molecule has 2 fully saturated rings. The number of hydrogen-bond acceptors (Lipinski definition) is 3. The molecule has 19 heavy (non-hydrogen) atoms. The molecular weight excluding hydrogens is 238 g/mol. The molecule has 0 aromatic rings. The number of hydrogen-bond donors (Lipinski definition) is 1. The van der Waals surface area contributed by atoms with Gasteiger partial charge in [0, 0.05) is 18.6 Å². The lowest BCUT2D eigenvalue weighted by atomic mass is 9.61. The standard InChI is InChI=1S/C16H31NO2/c1-5-16(3)14(17-6-2)11-15(16)19-13-9-7-8-12(10-13)18-4/h12-15,17H,5-11H2,1-4H3. The smallest absolute Gasteiger partial charge is 0.0662 e. The molecule has 112 valence electrons. The van der Waals surface area contributed by atoms with Crippen molar-refractivity contribution >= 4 is 0 Å². The Balaban J connectivity index is 1.86. The largest absolute Gasteiger partial charge is 0.381 e. The highest BCUT2D eigenvalue weighted by Crippen LogP contribution is 2.47. The third kappa shape index (κ3) is 3.14. The molecule has 2 aliphatic rings. The quantitative estimate of drug-likeness (QED) is 0.803. The summed E-state index contributed by atoms with van der Waals surface area (Å²) < 4.78 is 11.9. The van der Waals surface area contributed by atoms with Crippen LogP contribution in [-0.2, 0) is 9.47 Å². The zero-order valence-corrected chi connectivity index (χ0v) is 13.1. The van der Waals surface area contributed by atoms with Crippen molar-refractivity contribution in [3.05, 3.63) is 0 Å². The maximum Gasteiger partial charge on any atom is 0.0662 e. The van der Waals surface area contributed by atoms with Crippen LogP contribution >= 0.6 is 0 Å². The minimum atomic E-state index is 0.316.